The molecule has 1 fully saturated rings. The molecule has 0 saturated heterocycles. The molecule has 10 heteroatoms. The third kappa shape index (κ3) is 3.96. The van der Waals surface area contributed by atoms with Crippen LogP contribution in [0.4, 0.5) is 19.1 Å². The number of aromatic amines is 1. The summed E-state index contributed by atoms with van der Waals surface area (Å²) in [4.78, 5) is 11.0. The van der Waals surface area contributed by atoms with Crippen molar-refractivity contribution >= 4 is 29.3 Å². The van der Waals surface area contributed by atoms with Crippen LogP contribution in [-0.4, -0.2) is 46.0 Å². The van der Waals surface area contributed by atoms with Crippen LogP contribution in [0.2, 0.25) is 0 Å². The molecule has 1 aliphatic carbocycles. The highest BCUT2D eigenvalue weighted by Crippen LogP contribution is 2.42. The summed E-state index contributed by atoms with van der Waals surface area (Å²) in [5.74, 6) is 0.300. The Morgan fingerprint density at radius 3 is 2.67 bits per heavy atom. The molecule has 1 atom stereocenters. The van der Waals surface area contributed by atoms with Crippen molar-refractivity contribution in [1.82, 2.24) is 15.0 Å². The lowest BCUT2D eigenvalue weighted by molar-refractivity contribution is -0.137. The zero-order valence-electron chi connectivity index (χ0n) is 16.5. The van der Waals surface area contributed by atoms with Gasteiger partial charge >= 0.3 is 6.18 Å². The van der Waals surface area contributed by atoms with E-state index in [1.807, 2.05) is 0 Å². The lowest BCUT2D eigenvalue weighted by Gasteiger charge is -2.17. The summed E-state index contributed by atoms with van der Waals surface area (Å²) in [6, 6.07) is 4.77. The third-order valence-electron chi connectivity index (χ3n) is 5.33. The van der Waals surface area contributed by atoms with E-state index in [9.17, 15) is 22.8 Å². The SMILES string of the molecule is CP(C)(=O)c1cccc2c(-c3nc(NC(CO)C4CC4)ncc3C(F)(F)F)c[nH]c12. The minimum absolute atomic E-state index is 0.0334. The number of fused-ring (bicyclic) bond motifs is 1. The van der Waals surface area contributed by atoms with Crippen molar-refractivity contribution in [3.63, 3.8) is 0 Å². The van der Waals surface area contributed by atoms with Crippen LogP contribution in [0.5, 0.6) is 0 Å². The van der Waals surface area contributed by atoms with E-state index in [1.165, 1.54) is 6.20 Å². The number of H-pyrrole nitrogens is 1. The van der Waals surface area contributed by atoms with Crippen molar-refractivity contribution in [3.05, 3.63) is 36.2 Å². The van der Waals surface area contributed by atoms with Crippen molar-refractivity contribution < 1.29 is 22.8 Å². The molecule has 1 saturated carbocycles. The van der Waals surface area contributed by atoms with Crippen molar-refractivity contribution in [3.8, 4) is 11.3 Å². The van der Waals surface area contributed by atoms with Crippen LogP contribution in [0.1, 0.15) is 18.4 Å². The van der Waals surface area contributed by atoms with Crippen molar-refractivity contribution in [2.45, 2.75) is 25.1 Å². The van der Waals surface area contributed by atoms with E-state index in [-0.39, 0.29) is 35.8 Å². The first-order valence-electron chi connectivity index (χ1n) is 9.57. The quantitative estimate of drug-likeness (QED) is 0.505. The van der Waals surface area contributed by atoms with Gasteiger partial charge in [0, 0.05) is 28.6 Å². The average Bonchev–Trinajstić information content (AvgIpc) is 3.42. The number of aliphatic hydroxyl groups excluding tert-OH is 1. The summed E-state index contributed by atoms with van der Waals surface area (Å²) in [5, 5.41) is 13.6. The molecule has 4 rings (SSSR count). The Bertz CT molecular complexity index is 1130. The molecule has 2 heterocycles. The van der Waals surface area contributed by atoms with E-state index >= 15 is 0 Å². The van der Waals surface area contributed by atoms with Gasteiger partial charge in [-0.3, -0.25) is 0 Å². The number of rotatable bonds is 6. The Labute approximate surface area is 171 Å². The van der Waals surface area contributed by atoms with E-state index in [4.69, 9.17) is 0 Å². The fourth-order valence-corrected chi connectivity index (χ4v) is 4.79. The second-order valence-corrected chi connectivity index (χ2v) is 11.2. The number of nitrogens with one attached hydrogen (secondary N) is 2. The number of aliphatic hydroxyl groups is 1. The number of nitrogens with zero attached hydrogens (tertiary/aromatic N) is 2. The second-order valence-electron chi connectivity index (χ2n) is 7.98. The number of benzene rings is 1. The van der Waals surface area contributed by atoms with Crippen LogP contribution in [-0.2, 0) is 10.7 Å². The Kier molecular flexibility index (Phi) is 5.14. The topological polar surface area (TPSA) is 90.9 Å². The smallest absolute Gasteiger partial charge is 0.394 e. The van der Waals surface area contributed by atoms with Gasteiger partial charge in [0.15, 0.2) is 0 Å². The van der Waals surface area contributed by atoms with E-state index in [2.05, 4.69) is 20.3 Å². The Morgan fingerprint density at radius 1 is 1.33 bits per heavy atom. The molecule has 160 valence electrons. The van der Waals surface area contributed by atoms with Crippen LogP contribution < -0.4 is 10.6 Å². The summed E-state index contributed by atoms with van der Waals surface area (Å²) in [6.45, 7) is 3.08. The van der Waals surface area contributed by atoms with Crippen LogP contribution in [0.3, 0.4) is 0 Å². The fraction of sp³-hybridized carbons (Fsp3) is 0.400. The van der Waals surface area contributed by atoms with E-state index in [0.29, 0.717) is 16.2 Å². The summed E-state index contributed by atoms with van der Waals surface area (Å²) in [5.41, 5.74) is -0.432. The highest BCUT2D eigenvalue weighted by atomic mass is 31.2. The van der Waals surface area contributed by atoms with Gasteiger partial charge in [-0.1, -0.05) is 12.1 Å². The molecule has 6 nitrogen and oxygen atoms in total. The number of hydrogen-bond donors (Lipinski definition) is 3. The van der Waals surface area contributed by atoms with Crippen molar-refractivity contribution in [2.24, 2.45) is 5.92 Å². The molecule has 0 radical (unpaired) electrons. The highest BCUT2D eigenvalue weighted by Gasteiger charge is 2.37. The predicted octanol–water partition coefficient (Wildman–Crippen LogP) is 4.07. The van der Waals surface area contributed by atoms with Crippen molar-refractivity contribution in [1.29, 1.82) is 0 Å². The van der Waals surface area contributed by atoms with Crippen LogP contribution in [0.15, 0.2) is 30.6 Å². The summed E-state index contributed by atoms with van der Waals surface area (Å²) >= 11 is 0. The zero-order chi connectivity index (χ0) is 21.7. The minimum atomic E-state index is -4.65. The molecule has 1 aromatic carbocycles. The molecular formula is C20H22F3N4O2P. The molecular weight excluding hydrogens is 416 g/mol. The van der Waals surface area contributed by atoms with Gasteiger partial charge in [-0.2, -0.15) is 13.2 Å². The Balaban J connectivity index is 1.86. The molecule has 0 amide bonds. The maximum absolute atomic E-state index is 13.7. The number of para-hydroxylation sites is 1. The highest BCUT2D eigenvalue weighted by molar-refractivity contribution is 7.70. The van der Waals surface area contributed by atoms with Gasteiger partial charge in [0.1, 0.15) is 12.7 Å². The molecule has 2 aromatic heterocycles. The molecule has 0 bridgehead atoms. The number of alkyl halides is 3. The first-order chi connectivity index (χ1) is 14.1. The van der Waals surface area contributed by atoms with Gasteiger partial charge in [0.05, 0.1) is 23.9 Å². The fourth-order valence-electron chi connectivity index (χ4n) is 3.62. The molecule has 1 unspecified atom stereocenters. The van der Waals surface area contributed by atoms with Gasteiger partial charge in [-0.15, -0.1) is 0 Å². The third-order valence-corrected chi connectivity index (χ3v) is 6.86. The molecule has 3 N–H and O–H groups in total. The monoisotopic (exact) mass is 438 g/mol. The molecule has 0 aliphatic heterocycles. The lowest BCUT2D eigenvalue weighted by atomic mass is 10.1. The maximum atomic E-state index is 13.7. The average molecular weight is 438 g/mol. The van der Waals surface area contributed by atoms with Crippen LogP contribution >= 0.6 is 7.14 Å². The first-order valence-corrected chi connectivity index (χ1v) is 12.2. The van der Waals surface area contributed by atoms with Gasteiger partial charge in [-0.25, -0.2) is 9.97 Å². The Morgan fingerprint density at radius 2 is 2.07 bits per heavy atom. The first kappa shape index (κ1) is 20.9. The van der Waals surface area contributed by atoms with Gasteiger partial charge in [-0.05, 0) is 38.2 Å². The van der Waals surface area contributed by atoms with Gasteiger partial charge in [0.25, 0.3) is 0 Å². The minimum Gasteiger partial charge on any atom is -0.394 e. The van der Waals surface area contributed by atoms with Gasteiger partial charge in [0.2, 0.25) is 5.95 Å². The normalized spacial score (nSPS) is 16.1. The number of halogens is 3. The maximum Gasteiger partial charge on any atom is 0.419 e. The van der Waals surface area contributed by atoms with Crippen LogP contribution in [0.25, 0.3) is 22.2 Å². The molecule has 0 spiro atoms. The molecule has 1 aliphatic rings. The Hall–Kier alpha value is -2.38. The van der Waals surface area contributed by atoms with E-state index in [1.54, 1.807) is 31.5 Å². The van der Waals surface area contributed by atoms with Gasteiger partial charge < -0.3 is 20.0 Å². The zero-order valence-corrected chi connectivity index (χ0v) is 17.4. The summed E-state index contributed by atoms with van der Waals surface area (Å²) in [6.07, 6.45) is -0.530. The largest absolute Gasteiger partial charge is 0.419 e. The van der Waals surface area contributed by atoms with Crippen molar-refractivity contribution in [2.75, 3.05) is 25.3 Å². The number of anilines is 1. The standard InChI is InChI=1S/C20H22F3N4O2P/c1-30(2,29)16-5-3-4-12-13(8-24-18(12)16)17-14(20(21,22)23)9-25-19(27-17)26-15(10-28)11-6-7-11/h3-5,8-9,11,15,24,28H,6-7,10H2,1-2H3,(H,25,26,27). The van der Waals surface area contributed by atoms with E-state index < -0.39 is 18.9 Å². The van der Waals surface area contributed by atoms with Crippen LogP contribution in [0, 0.1) is 5.92 Å². The molecule has 3 aromatic rings. The number of aromatic nitrogens is 3. The lowest BCUT2D eigenvalue weighted by Crippen LogP contribution is -2.27. The van der Waals surface area contributed by atoms with E-state index in [0.717, 1.165) is 19.0 Å². The summed E-state index contributed by atoms with van der Waals surface area (Å²) in [7, 11) is -2.65. The predicted molar refractivity (Wildman–Crippen MR) is 111 cm³/mol. The molecule has 30 heavy (non-hydrogen) atoms. The second kappa shape index (κ2) is 7.39. The number of hydrogen-bond acceptors (Lipinski definition) is 5. The summed E-state index contributed by atoms with van der Waals surface area (Å²) < 4.78 is 53.8.